The first-order valence-corrected chi connectivity index (χ1v) is 10.9. The molecule has 178 valence electrons. The fourth-order valence-electron chi connectivity index (χ4n) is 4.23. The van der Waals surface area contributed by atoms with E-state index in [1.165, 1.54) is 30.4 Å². The second kappa shape index (κ2) is 9.02. The van der Waals surface area contributed by atoms with Gasteiger partial charge in [0.25, 0.3) is 11.7 Å². The molecule has 0 bridgehead atoms. The zero-order valence-electron chi connectivity index (χ0n) is 18.7. The molecule has 9 heteroatoms. The van der Waals surface area contributed by atoms with Gasteiger partial charge in [0.1, 0.15) is 24.7 Å². The summed E-state index contributed by atoms with van der Waals surface area (Å²) < 4.78 is 21.3. The Morgan fingerprint density at radius 2 is 1.74 bits per heavy atom. The molecule has 1 N–H and O–H groups in total. The maximum atomic E-state index is 13.2. The summed E-state index contributed by atoms with van der Waals surface area (Å²) in [4.78, 5) is 39.5. The predicted molar refractivity (Wildman–Crippen MR) is 122 cm³/mol. The van der Waals surface area contributed by atoms with Crippen molar-refractivity contribution in [3.8, 4) is 11.5 Å². The maximum Gasteiger partial charge on any atom is 0.337 e. The number of carbonyl (C=O) groups excluding carboxylic acids is 3. The lowest BCUT2D eigenvalue weighted by Crippen LogP contribution is -2.29. The highest BCUT2D eigenvalue weighted by Crippen LogP contribution is 2.41. The van der Waals surface area contributed by atoms with E-state index in [1.807, 2.05) is 0 Å². The van der Waals surface area contributed by atoms with Gasteiger partial charge in [-0.3, -0.25) is 9.59 Å². The van der Waals surface area contributed by atoms with Gasteiger partial charge >= 0.3 is 5.97 Å². The molecule has 0 aliphatic carbocycles. The Bertz CT molecular complexity index is 1320. The molecule has 1 atom stereocenters. The van der Waals surface area contributed by atoms with Crippen LogP contribution in [0.4, 0.5) is 0 Å². The highest BCUT2D eigenvalue weighted by Gasteiger charge is 2.46. The van der Waals surface area contributed by atoms with Crippen LogP contribution in [0.2, 0.25) is 0 Å². The van der Waals surface area contributed by atoms with E-state index in [9.17, 15) is 19.5 Å². The van der Waals surface area contributed by atoms with Crippen LogP contribution in [-0.2, 0) is 20.9 Å². The molecule has 1 aromatic heterocycles. The number of ether oxygens (including phenoxy) is 3. The summed E-state index contributed by atoms with van der Waals surface area (Å²) in [5.41, 5.74) is 1.07. The summed E-state index contributed by atoms with van der Waals surface area (Å²) >= 11 is 0. The number of Topliss-reactive ketones (excluding diaryl/α,β-unsaturated/α-hetero) is 1. The molecular formula is C26H21NO8. The van der Waals surface area contributed by atoms with Gasteiger partial charge in [0.2, 0.25) is 0 Å². The molecule has 3 aromatic rings. The van der Waals surface area contributed by atoms with E-state index in [4.69, 9.17) is 18.6 Å². The monoisotopic (exact) mass is 475 g/mol. The summed E-state index contributed by atoms with van der Waals surface area (Å²) in [7, 11) is 1.28. The summed E-state index contributed by atoms with van der Waals surface area (Å²) in [6.07, 6.45) is 1.47. The molecule has 0 unspecified atom stereocenters. The second-order valence-electron chi connectivity index (χ2n) is 7.98. The Hall–Kier alpha value is -4.53. The molecule has 1 fully saturated rings. The van der Waals surface area contributed by atoms with E-state index in [0.717, 1.165) is 0 Å². The van der Waals surface area contributed by atoms with Crippen molar-refractivity contribution in [2.24, 2.45) is 0 Å². The lowest BCUT2D eigenvalue weighted by molar-refractivity contribution is -0.140. The fourth-order valence-corrected chi connectivity index (χ4v) is 4.23. The first kappa shape index (κ1) is 22.3. The molecule has 1 saturated heterocycles. The van der Waals surface area contributed by atoms with Gasteiger partial charge in [-0.15, -0.1) is 0 Å². The van der Waals surface area contributed by atoms with E-state index in [-0.39, 0.29) is 17.9 Å². The van der Waals surface area contributed by atoms with Gasteiger partial charge in [-0.2, -0.15) is 0 Å². The summed E-state index contributed by atoms with van der Waals surface area (Å²) in [6.45, 7) is 0.786. The molecule has 1 amide bonds. The van der Waals surface area contributed by atoms with Crippen LogP contribution in [0, 0.1) is 0 Å². The van der Waals surface area contributed by atoms with Crippen LogP contribution < -0.4 is 9.47 Å². The van der Waals surface area contributed by atoms with E-state index in [1.54, 1.807) is 42.5 Å². The third-order valence-corrected chi connectivity index (χ3v) is 5.91. The average Bonchev–Trinajstić information content (AvgIpc) is 3.50. The number of amides is 1. The van der Waals surface area contributed by atoms with Gasteiger partial charge < -0.3 is 28.6 Å². The highest BCUT2D eigenvalue weighted by atomic mass is 16.6. The van der Waals surface area contributed by atoms with E-state index in [2.05, 4.69) is 0 Å². The first-order chi connectivity index (χ1) is 17.0. The van der Waals surface area contributed by atoms with Crippen LogP contribution >= 0.6 is 0 Å². The third-order valence-electron chi connectivity index (χ3n) is 5.91. The van der Waals surface area contributed by atoms with Crippen molar-refractivity contribution in [2.75, 3.05) is 20.3 Å². The molecule has 5 rings (SSSR count). The van der Waals surface area contributed by atoms with Gasteiger partial charge in [0.05, 0.1) is 37.1 Å². The van der Waals surface area contributed by atoms with Crippen molar-refractivity contribution in [1.82, 2.24) is 4.90 Å². The lowest BCUT2D eigenvalue weighted by Gasteiger charge is -2.25. The smallest absolute Gasteiger partial charge is 0.337 e. The number of hydrogen-bond acceptors (Lipinski definition) is 8. The molecule has 2 aliphatic rings. The van der Waals surface area contributed by atoms with E-state index in [0.29, 0.717) is 47.2 Å². The number of aliphatic hydroxyl groups excluding tert-OH is 1. The number of likely N-dealkylation sites (tertiary alicyclic amines) is 1. The van der Waals surface area contributed by atoms with Crippen molar-refractivity contribution in [3.63, 3.8) is 0 Å². The Balaban J connectivity index is 1.62. The number of rotatable bonds is 5. The van der Waals surface area contributed by atoms with Crippen LogP contribution in [0.3, 0.4) is 0 Å². The highest BCUT2D eigenvalue weighted by molar-refractivity contribution is 6.46. The minimum absolute atomic E-state index is 0.0128. The molecule has 9 nitrogen and oxygen atoms in total. The Morgan fingerprint density at radius 1 is 1.03 bits per heavy atom. The van der Waals surface area contributed by atoms with Crippen LogP contribution in [-0.4, -0.2) is 48.0 Å². The molecular weight excluding hydrogens is 454 g/mol. The Kier molecular flexibility index (Phi) is 5.74. The fraction of sp³-hybridized carbons (Fsp3) is 0.192. The van der Waals surface area contributed by atoms with E-state index < -0.39 is 23.7 Å². The number of furan rings is 1. The van der Waals surface area contributed by atoms with E-state index >= 15 is 0 Å². The SMILES string of the molecule is COC(=O)c1ccc([C@@H]2C(=C(O)c3ccc4c(c3)OCCO4)C(=O)C(=O)N2Cc2ccco2)cc1. The summed E-state index contributed by atoms with van der Waals surface area (Å²) in [5.74, 6) is -1.03. The molecule has 0 radical (unpaired) electrons. The van der Waals surface area contributed by atoms with Gasteiger partial charge in [-0.1, -0.05) is 12.1 Å². The summed E-state index contributed by atoms with van der Waals surface area (Å²) in [6, 6.07) is 13.6. The largest absolute Gasteiger partial charge is 0.507 e. The first-order valence-electron chi connectivity index (χ1n) is 10.9. The minimum Gasteiger partial charge on any atom is -0.507 e. The second-order valence-corrected chi connectivity index (χ2v) is 7.98. The number of hydrogen-bond donors (Lipinski definition) is 1. The maximum absolute atomic E-state index is 13.2. The van der Waals surface area contributed by atoms with Crippen LogP contribution in [0.1, 0.15) is 33.3 Å². The number of benzene rings is 2. The molecule has 35 heavy (non-hydrogen) atoms. The van der Waals surface area contributed by atoms with Gasteiger partial charge in [-0.05, 0) is 48.0 Å². The Labute approximate surface area is 200 Å². The normalized spacial score (nSPS) is 18.5. The minimum atomic E-state index is -0.917. The Morgan fingerprint density at radius 3 is 2.43 bits per heavy atom. The van der Waals surface area contributed by atoms with Gasteiger partial charge in [0, 0.05) is 5.56 Å². The van der Waals surface area contributed by atoms with Crippen LogP contribution in [0.5, 0.6) is 11.5 Å². The van der Waals surface area contributed by atoms with Crippen molar-refractivity contribution in [3.05, 3.63) is 88.9 Å². The zero-order chi connectivity index (χ0) is 24.5. The standard InChI is InChI=1S/C26H21NO8/c1-32-26(31)16-6-4-15(5-7-16)22-21(24(29)25(30)27(22)14-18-3-2-10-33-18)23(28)17-8-9-19-20(13-17)35-12-11-34-19/h2-10,13,22,28H,11-12,14H2,1H3/t22-/m1/s1. The van der Waals surface area contributed by atoms with Crippen molar-refractivity contribution >= 4 is 23.4 Å². The number of esters is 1. The molecule has 2 aliphatic heterocycles. The van der Waals surface area contributed by atoms with Crippen molar-refractivity contribution in [1.29, 1.82) is 0 Å². The molecule has 0 saturated carbocycles. The molecule has 0 spiro atoms. The third kappa shape index (κ3) is 4.01. The summed E-state index contributed by atoms with van der Waals surface area (Å²) in [5, 5.41) is 11.3. The number of aliphatic hydroxyl groups is 1. The van der Waals surface area contributed by atoms with Gasteiger partial charge in [0.15, 0.2) is 11.5 Å². The quantitative estimate of drug-likeness (QED) is 0.258. The average molecular weight is 475 g/mol. The van der Waals surface area contributed by atoms with Gasteiger partial charge in [-0.25, -0.2) is 4.79 Å². The number of fused-ring (bicyclic) bond motifs is 1. The van der Waals surface area contributed by atoms with Crippen molar-refractivity contribution < 1.29 is 38.1 Å². The predicted octanol–water partition coefficient (Wildman–Crippen LogP) is 3.46. The zero-order valence-corrected chi connectivity index (χ0v) is 18.7. The number of methoxy groups -OCH3 is 1. The number of ketones is 1. The topological polar surface area (TPSA) is 116 Å². The number of carbonyl (C=O) groups is 3. The number of nitrogens with zero attached hydrogens (tertiary/aromatic N) is 1. The van der Waals surface area contributed by atoms with Crippen LogP contribution in [0.25, 0.3) is 5.76 Å². The van der Waals surface area contributed by atoms with Crippen LogP contribution in [0.15, 0.2) is 70.9 Å². The molecule has 3 heterocycles. The van der Waals surface area contributed by atoms with Crippen molar-refractivity contribution in [2.45, 2.75) is 12.6 Å². The lowest BCUT2D eigenvalue weighted by atomic mass is 9.94. The molecule has 2 aromatic carbocycles.